The van der Waals surface area contributed by atoms with Crippen LogP contribution in [0.15, 0.2) is 171 Å². The number of pyridine rings is 2. The van der Waals surface area contributed by atoms with Crippen LogP contribution in [-0.2, 0) is 0 Å². The van der Waals surface area contributed by atoms with E-state index in [0.29, 0.717) is 28.9 Å². The van der Waals surface area contributed by atoms with Gasteiger partial charge in [0.2, 0.25) is 5.95 Å². The molecule has 0 aliphatic carbocycles. The van der Waals surface area contributed by atoms with E-state index in [0.717, 1.165) is 55.4 Å². The van der Waals surface area contributed by atoms with Crippen LogP contribution in [0.25, 0.3) is 72.5 Å². The molecule has 0 saturated heterocycles. The summed E-state index contributed by atoms with van der Waals surface area (Å²) in [5, 5.41) is 2.04. The zero-order valence-corrected chi connectivity index (χ0v) is 34.2. The molecule has 0 bridgehead atoms. The Morgan fingerprint density at radius 2 is 0.820 bits per heavy atom. The van der Waals surface area contributed by atoms with Crippen LogP contribution in [0.3, 0.4) is 0 Å². The Bertz CT molecular complexity index is 2990. The van der Waals surface area contributed by atoms with Crippen molar-refractivity contribution in [2.24, 2.45) is 0 Å². The van der Waals surface area contributed by atoms with Gasteiger partial charge in [-0.1, -0.05) is 72.8 Å². The van der Waals surface area contributed by atoms with E-state index in [1.54, 1.807) is 0 Å². The molecule has 0 unspecified atom stereocenters. The molecule has 0 fully saturated rings. The third kappa shape index (κ3) is 7.25. The van der Waals surface area contributed by atoms with Crippen LogP contribution < -0.4 is 9.47 Å². The summed E-state index contributed by atoms with van der Waals surface area (Å²) < 4.78 is 15.1. The number of aromatic nitrogens is 6. The van der Waals surface area contributed by atoms with Gasteiger partial charge in [0.1, 0.15) is 35.7 Å². The van der Waals surface area contributed by atoms with Crippen molar-refractivity contribution < 1.29 is 9.47 Å². The fraction of sp³-hybridized carbons (Fsp3) is 0.0755. The molecule has 0 radical (unpaired) electrons. The number of rotatable bonds is 9. The average molecular weight is 793 g/mol. The maximum Gasteiger partial charge on any atom is 0.237 e. The molecule has 294 valence electrons. The Morgan fingerprint density at radius 3 is 1.25 bits per heavy atom. The normalized spacial score (nSPS) is 11.3. The highest BCUT2D eigenvalue weighted by Gasteiger charge is 2.17. The fourth-order valence-corrected chi connectivity index (χ4v) is 8.34. The summed E-state index contributed by atoms with van der Waals surface area (Å²) in [6.07, 6.45) is 6.90. The number of nitrogens with zero attached hydrogens (tertiary/aromatic N) is 6. The molecule has 4 aromatic heterocycles. The first-order valence-electron chi connectivity index (χ1n) is 20.2. The number of hydrogen-bond donors (Lipinski definition) is 0. The molecule has 4 heterocycles. The van der Waals surface area contributed by atoms with Gasteiger partial charge in [0, 0.05) is 57.6 Å². The van der Waals surface area contributed by atoms with Crippen molar-refractivity contribution in [3.63, 3.8) is 0 Å². The molecular weight excluding hydrogens is 753 g/mol. The van der Waals surface area contributed by atoms with E-state index in [9.17, 15) is 0 Å². The second kappa shape index (κ2) is 15.7. The van der Waals surface area contributed by atoms with E-state index in [1.807, 2.05) is 89.8 Å². The molecular formula is C53H40N6O2. The molecule has 6 aromatic carbocycles. The molecule has 10 rings (SSSR count). The predicted molar refractivity (Wildman–Crippen MR) is 243 cm³/mol. The van der Waals surface area contributed by atoms with Gasteiger partial charge in [-0.2, -0.15) is 0 Å². The molecule has 61 heavy (non-hydrogen) atoms. The van der Waals surface area contributed by atoms with Gasteiger partial charge in [-0.15, -0.1) is 0 Å². The minimum Gasteiger partial charge on any atom is -0.457 e. The first kappa shape index (κ1) is 37.3. The van der Waals surface area contributed by atoms with Gasteiger partial charge in [-0.05, 0) is 122 Å². The van der Waals surface area contributed by atoms with Gasteiger partial charge in [0.15, 0.2) is 0 Å². The van der Waals surface area contributed by atoms with Crippen molar-refractivity contribution in [1.29, 1.82) is 0 Å². The van der Waals surface area contributed by atoms with Gasteiger partial charge in [0.25, 0.3) is 0 Å². The fourth-order valence-electron chi connectivity index (χ4n) is 8.34. The van der Waals surface area contributed by atoms with Crippen molar-refractivity contribution in [3.8, 4) is 73.7 Å². The van der Waals surface area contributed by atoms with Gasteiger partial charge >= 0.3 is 0 Å². The standard InChI is InChI=1S/C53H40N6O2/c1-33-9-5-10-34(2)51(33)39-17-23-47(55-29-39)37-13-7-15-41(25-37)60-43-19-21-45-46-22-20-44(28-50(46)59(49(45)27-43)53-57-31-54-32-58-53)61-42-16-8-14-38(26-42)48-24-18-40(30-56-48)52-35(3)11-6-12-36(52)4/h5-32H,1-4H3. The average Bonchev–Trinajstić information content (AvgIpc) is 3.60. The third-order valence-electron chi connectivity index (χ3n) is 11.2. The summed E-state index contributed by atoms with van der Waals surface area (Å²) in [5.41, 5.74) is 15.0. The Kier molecular flexibility index (Phi) is 9.58. The second-order valence-electron chi connectivity index (χ2n) is 15.3. The number of aryl methyl sites for hydroxylation is 4. The van der Waals surface area contributed by atoms with Crippen molar-refractivity contribution >= 4 is 21.8 Å². The summed E-state index contributed by atoms with van der Waals surface area (Å²) in [6, 6.07) is 49.3. The van der Waals surface area contributed by atoms with Crippen LogP contribution >= 0.6 is 0 Å². The molecule has 0 atom stereocenters. The highest BCUT2D eigenvalue weighted by atomic mass is 16.5. The van der Waals surface area contributed by atoms with Crippen molar-refractivity contribution in [1.82, 2.24) is 29.5 Å². The van der Waals surface area contributed by atoms with Crippen LogP contribution in [-0.4, -0.2) is 29.5 Å². The lowest BCUT2D eigenvalue weighted by atomic mass is 9.96. The maximum atomic E-state index is 6.53. The quantitative estimate of drug-likeness (QED) is 0.144. The Balaban J connectivity index is 0.942. The lowest BCUT2D eigenvalue weighted by Crippen LogP contribution is -2.01. The van der Waals surface area contributed by atoms with E-state index < -0.39 is 0 Å². The third-order valence-corrected chi connectivity index (χ3v) is 11.2. The van der Waals surface area contributed by atoms with Crippen molar-refractivity contribution in [2.45, 2.75) is 27.7 Å². The summed E-state index contributed by atoms with van der Waals surface area (Å²) in [7, 11) is 0. The van der Waals surface area contributed by atoms with Crippen LogP contribution in [0, 0.1) is 27.7 Å². The summed E-state index contributed by atoms with van der Waals surface area (Å²) in [4.78, 5) is 22.9. The molecule has 0 spiro atoms. The Labute approximate surface area is 353 Å². The highest BCUT2D eigenvalue weighted by molar-refractivity contribution is 6.09. The molecule has 0 aliphatic heterocycles. The topological polar surface area (TPSA) is 87.8 Å². The monoisotopic (exact) mass is 792 g/mol. The minimum absolute atomic E-state index is 0.485. The SMILES string of the molecule is Cc1cccc(C)c1-c1ccc(-c2cccc(Oc3ccc4c5ccc(Oc6cccc(-c7ccc(-c8c(C)cccc8C)cn7)c6)cc5n(-c5ncncn5)c4c3)c2)nc1. The molecule has 0 saturated carbocycles. The van der Waals surface area contributed by atoms with E-state index >= 15 is 0 Å². The van der Waals surface area contributed by atoms with Gasteiger partial charge in [0.05, 0.1) is 22.4 Å². The van der Waals surface area contributed by atoms with Crippen LogP contribution in [0.5, 0.6) is 23.0 Å². The molecule has 0 N–H and O–H groups in total. The Hall–Kier alpha value is -7.97. The van der Waals surface area contributed by atoms with E-state index in [2.05, 4.69) is 115 Å². The van der Waals surface area contributed by atoms with E-state index in [4.69, 9.17) is 19.4 Å². The van der Waals surface area contributed by atoms with Crippen LogP contribution in [0.4, 0.5) is 0 Å². The highest BCUT2D eigenvalue weighted by Crippen LogP contribution is 2.38. The van der Waals surface area contributed by atoms with Crippen molar-refractivity contribution in [3.05, 3.63) is 193 Å². The maximum absolute atomic E-state index is 6.53. The molecule has 8 nitrogen and oxygen atoms in total. The minimum atomic E-state index is 0.485. The number of benzene rings is 6. The number of fused-ring (bicyclic) bond motifs is 3. The Morgan fingerprint density at radius 1 is 0.393 bits per heavy atom. The van der Waals surface area contributed by atoms with Gasteiger partial charge < -0.3 is 9.47 Å². The van der Waals surface area contributed by atoms with Gasteiger partial charge in [-0.25, -0.2) is 15.0 Å². The molecule has 0 amide bonds. The lowest BCUT2D eigenvalue weighted by molar-refractivity contribution is 0.483. The largest absolute Gasteiger partial charge is 0.457 e. The van der Waals surface area contributed by atoms with E-state index in [-0.39, 0.29) is 0 Å². The summed E-state index contributed by atoms with van der Waals surface area (Å²) in [5.74, 6) is 3.23. The second-order valence-corrected chi connectivity index (χ2v) is 15.3. The van der Waals surface area contributed by atoms with E-state index in [1.165, 1.54) is 46.0 Å². The first-order chi connectivity index (χ1) is 29.9. The smallest absolute Gasteiger partial charge is 0.237 e. The van der Waals surface area contributed by atoms with Crippen LogP contribution in [0.1, 0.15) is 22.3 Å². The molecule has 10 aromatic rings. The van der Waals surface area contributed by atoms with Crippen molar-refractivity contribution in [2.75, 3.05) is 0 Å². The van der Waals surface area contributed by atoms with Crippen LogP contribution in [0.2, 0.25) is 0 Å². The lowest BCUT2D eigenvalue weighted by Gasteiger charge is -2.11. The summed E-state index contributed by atoms with van der Waals surface area (Å²) >= 11 is 0. The first-order valence-corrected chi connectivity index (χ1v) is 20.2. The zero-order valence-electron chi connectivity index (χ0n) is 34.2. The zero-order chi connectivity index (χ0) is 41.5. The molecule has 0 aliphatic rings. The predicted octanol–water partition coefficient (Wildman–Crippen LogP) is 13.2. The molecule has 8 heteroatoms. The summed E-state index contributed by atoms with van der Waals surface area (Å²) in [6.45, 7) is 8.54. The number of ether oxygens (including phenoxy) is 2. The number of hydrogen-bond acceptors (Lipinski definition) is 7. The van der Waals surface area contributed by atoms with Gasteiger partial charge in [-0.3, -0.25) is 14.5 Å².